The van der Waals surface area contributed by atoms with Gasteiger partial charge in [-0.15, -0.1) is 0 Å². The van der Waals surface area contributed by atoms with Crippen LogP contribution in [0.1, 0.15) is 30.0 Å². The Bertz CT molecular complexity index is 634. The molecular formula is C21H28N2O2. The first-order chi connectivity index (χ1) is 12.2. The Kier molecular flexibility index (Phi) is 4.91. The van der Waals surface area contributed by atoms with Crippen LogP contribution in [0.15, 0.2) is 36.4 Å². The first-order valence-corrected chi connectivity index (χ1v) is 9.54. The molecule has 1 heterocycles. The van der Waals surface area contributed by atoms with E-state index in [9.17, 15) is 4.79 Å². The molecule has 25 heavy (non-hydrogen) atoms. The van der Waals surface area contributed by atoms with E-state index in [1.807, 2.05) is 0 Å². The van der Waals surface area contributed by atoms with E-state index in [1.165, 1.54) is 11.1 Å². The summed E-state index contributed by atoms with van der Waals surface area (Å²) in [6, 6.07) is 8.62. The smallest absolute Gasteiger partial charge is 0.224 e. The maximum absolute atomic E-state index is 12.9. The molecule has 3 aliphatic rings. The summed E-state index contributed by atoms with van der Waals surface area (Å²) in [5.74, 6) is 1.47. The van der Waals surface area contributed by atoms with Crippen LogP contribution in [0, 0.1) is 24.7 Å². The van der Waals surface area contributed by atoms with Crippen LogP contribution in [0.4, 0.5) is 0 Å². The van der Waals surface area contributed by atoms with Gasteiger partial charge in [0.2, 0.25) is 5.91 Å². The summed E-state index contributed by atoms with van der Waals surface area (Å²) in [5.41, 5.74) is 2.45. The van der Waals surface area contributed by atoms with Gasteiger partial charge in [-0.05, 0) is 37.2 Å². The minimum absolute atomic E-state index is 0.0503. The van der Waals surface area contributed by atoms with Crippen molar-refractivity contribution >= 4 is 5.91 Å². The molecule has 1 aliphatic heterocycles. The van der Waals surface area contributed by atoms with Crippen molar-refractivity contribution in [3.8, 4) is 0 Å². The predicted molar refractivity (Wildman–Crippen MR) is 98.2 cm³/mol. The zero-order chi connectivity index (χ0) is 17.2. The Balaban J connectivity index is 1.47. The summed E-state index contributed by atoms with van der Waals surface area (Å²) in [5, 5.41) is 3.37. The molecule has 4 atom stereocenters. The number of allylic oxidation sites excluding steroid dienone is 2. The average molecular weight is 340 g/mol. The van der Waals surface area contributed by atoms with Gasteiger partial charge in [0.25, 0.3) is 0 Å². The van der Waals surface area contributed by atoms with Crippen molar-refractivity contribution in [2.75, 3.05) is 32.8 Å². The van der Waals surface area contributed by atoms with Gasteiger partial charge in [-0.1, -0.05) is 42.0 Å². The Morgan fingerprint density at radius 2 is 1.96 bits per heavy atom. The van der Waals surface area contributed by atoms with Crippen LogP contribution in [-0.4, -0.2) is 43.7 Å². The number of hydrogen-bond acceptors (Lipinski definition) is 3. The van der Waals surface area contributed by atoms with Crippen molar-refractivity contribution < 1.29 is 9.53 Å². The molecule has 4 heteroatoms. The highest BCUT2D eigenvalue weighted by Crippen LogP contribution is 2.43. The minimum atomic E-state index is 0.0503. The van der Waals surface area contributed by atoms with E-state index >= 15 is 0 Å². The number of morpholine rings is 1. The van der Waals surface area contributed by atoms with Crippen molar-refractivity contribution in [3.05, 3.63) is 47.5 Å². The summed E-state index contributed by atoms with van der Waals surface area (Å²) in [4.78, 5) is 15.3. The molecule has 0 aromatic heterocycles. The van der Waals surface area contributed by atoms with E-state index in [0.29, 0.717) is 11.8 Å². The number of ether oxygens (including phenoxy) is 1. The van der Waals surface area contributed by atoms with E-state index in [0.717, 1.165) is 45.7 Å². The minimum Gasteiger partial charge on any atom is -0.379 e. The Hall–Kier alpha value is -1.65. The van der Waals surface area contributed by atoms with Gasteiger partial charge in [0, 0.05) is 25.6 Å². The third-order valence-corrected chi connectivity index (χ3v) is 5.96. The second-order valence-corrected chi connectivity index (χ2v) is 7.77. The fourth-order valence-corrected chi connectivity index (χ4v) is 4.44. The van der Waals surface area contributed by atoms with Crippen LogP contribution in [0.2, 0.25) is 0 Å². The second kappa shape index (κ2) is 7.30. The Labute approximate surface area is 150 Å². The number of aryl methyl sites for hydroxylation is 1. The molecule has 1 saturated carbocycles. The number of nitrogens with one attached hydrogen (secondary N) is 1. The van der Waals surface area contributed by atoms with Crippen molar-refractivity contribution in [2.45, 2.75) is 25.8 Å². The van der Waals surface area contributed by atoms with Crippen LogP contribution < -0.4 is 5.32 Å². The van der Waals surface area contributed by atoms with E-state index in [-0.39, 0.29) is 17.9 Å². The molecular weight excluding hydrogens is 312 g/mol. The molecule has 4 nitrogen and oxygen atoms in total. The molecule has 4 rings (SSSR count). The highest BCUT2D eigenvalue weighted by atomic mass is 16.5. The van der Waals surface area contributed by atoms with Crippen LogP contribution >= 0.6 is 0 Å². The molecule has 1 N–H and O–H groups in total. The lowest BCUT2D eigenvalue weighted by Gasteiger charge is -2.32. The quantitative estimate of drug-likeness (QED) is 0.838. The van der Waals surface area contributed by atoms with Gasteiger partial charge in [-0.25, -0.2) is 0 Å². The number of hydrogen-bond donors (Lipinski definition) is 1. The number of benzene rings is 1. The molecule has 2 bridgehead atoms. The van der Waals surface area contributed by atoms with Crippen molar-refractivity contribution in [1.82, 2.24) is 10.2 Å². The van der Waals surface area contributed by atoms with Gasteiger partial charge < -0.3 is 10.1 Å². The third kappa shape index (κ3) is 3.80. The molecule has 1 aromatic rings. The fraction of sp³-hybridized carbons (Fsp3) is 0.571. The van der Waals surface area contributed by atoms with E-state index < -0.39 is 0 Å². The molecule has 134 valence electrons. The van der Waals surface area contributed by atoms with E-state index in [2.05, 4.69) is 53.6 Å². The molecule has 0 spiro atoms. The zero-order valence-electron chi connectivity index (χ0n) is 15.0. The standard InChI is InChI=1S/C21H28N2O2/c1-15-2-5-17(6-3-15)20(14-23-8-10-25-11-9-23)22-21(24)19-13-16-4-7-18(19)12-16/h2-7,16,18-20H,8-14H2,1H3,(H,22,24)/t16-,18-,19-,20+/m0/s1. The molecule has 1 amide bonds. The third-order valence-electron chi connectivity index (χ3n) is 5.96. The van der Waals surface area contributed by atoms with Gasteiger partial charge >= 0.3 is 0 Å². The summed E-state index contributed by atoms with van der Waals surface area (Å²) in [6.07, 6.45) is 6.73. The monoisotopic (exact) mass is 340 g/mol. The second-order valence-electron chi connectivity index (χ2n) is 7.77. The Morgan fingerprint density at radius 1 is 1.20 bits per heavy atom. The van der Waals surface area contributed by atoms with Crippen LogP contribution in [0.3, 0.4) is 0 Å². The number of rotatable bonds is 5. The van der Waals surface area contributed by atoms with Crippen LogP contribution in [0.25, 0.3) is 0 Å². The predicted octanol–water partition coefficient (Wildman–Crippen LogP) is 2.70. The number of fused-ring (bicyclic) bond motifs is 2. The largest absolute Gasteiger partial charge is 0.379 e. The highest BCUT2D eigenvalue weighted by molar-refractivity contribution is 5.80. The molecule has 2 aliphatic carbocycles. The molecule has 0 radical (unpaired) electrons. The first-order valence-electron chi connectivity index (χ1n) is 9.54. The highest BCUT2D eigenvalue weighted by Gasteiger charge is 2.40. The van der Waals surface area contributed by atoms with Crippen LogP contribution in [0.5, 0.6) is 0 Å². The van der Waals surface area contributed by atoms with E-state index in [1.54, 1.807) is 0 Å². The zero-order valence-corrected chi connectivity index (χ0v) is 15.0. The number of carbonyl (C=O) groups excluding carboxylic acids is 1. The summed E-state index contributed by atoms with van der Waals surface area (Å²) in [6.45, 7) is 6.40. The van der Waals surface area contributed by atoms with Crippen molar-refractivity contribution in [3.63, 3.8) is 0 Å². The van der Waals surface area contributed by atoms with Gasteiger partial charge in [0.05, 0.1) is 19.3 Å². The average Bonchev–Trinajstić information content (AvgIpc) is 3.26. The SMILES string of the molecule is Cc1ccc([C@@H](CN2CCOCC2)NC(=O)[C@H]2C[C@H]3C=C[C@H]2C3)cc1. The van der Waals surface area contributed by atoms with Crippen molar-refractivity contribution in [2.24, 2.45) is 17.8 Å². The summed E-state index contributed by atoms with van der Waals surface area (Å²) >= 11 is 0. The molecule has 2 fully saturated rings. The Morgan fingerprint density at radius 3 is 2.60 bits per heavy atom. The topological polar surface area (TPSA) is 41.6 Å². The normalized spacial score (nSPS) is 29.7. The van der Waals surface area contributed by atoms with Crippen molar-refractivity contribution in [1.29, 1.82) is 0 Å². The molecule has 1 saturated heterocycles. The maximum atomic E-state index is 12.9. The number of amides is 1. The summed E-state index contributed by atoms with van der Waals surface area (Å²) in [7, 11) is 0. The van der Waals surface area contributed by atoms with Crippen LogP contribution in [-0.2, 0) is 9.53 Å². The van der Waals surface area contributed by atoms with E-state index in [4.69, 9.17) is 4.74 Å². The van der Waals surface area contributed by atoms with Gasteiger partial charge in [0.1, 0.15) is 0 Å². The maximum Gasteiger partial charge on any atom is 0.224 e. The first kappa shape index (κ1) is 16.8. The number of nitrogens with zero attached hydrogens (tertiary/aromatic N) is 1. The lowest BCUT2D eigenvalue weighted by atomic mass is 9.92. The lowest BCUT2D eigenvalue weighted by molar-refractivity contribution is -0.126. The molecule has 0 unspecified atom stereocenters. The van der Waals surface area contributed by atoms with Gasteiger partial charge in [-0.2, -0.15) is 0 Å². The summed E-state index contributed by atoms with van der Waals surface area (Å²) < 4.78 is 5.46. The number of carbonyl (C=O) groups is 1. The molecule has 1 aromatic carbocycles. The fourth-order valence-electron chi connectivity index (χ4n) is 4.44. The van der Waals surface area contributed by atoms with Gasteiger partial charge in [-0.3, -0.25) is 9.69 Å². The lowest BCUT2D eigenvalue weighted by Crippen LogP contribution is -2.44. The van der Waals surface area contributed by atoms with Gasteiger partial charge in [0.15, 0.2) is 0 Å².